The molecule has 1 rings (SSSR count). The largest absolute Gasteiger partial charge is 0.380 e. The van der Waals surface area contributed by atoms with E-state index in [-0.39, 0.29) is 0 Å². The monoisotopic (exact) mass is 270 g/mol. The molecule has 0 bridgehead atoms. The minimum atomic E-state index is 0.635. The van der Waals surface area contributed by atoms with Crippen molar-refractivity contribution in [2.75, 3.05) is 32.8 Å². The molecule has 0 spiro atoms. The maximum Gasteiger partial charge on any atom is 0.0593 e. The third kappa shape index (κ3) is 6.24. The Balaban J connectivity index is 2.39. The summed E-state index contributed by atoms with van der Waals surface area (Å²) in [6.07, 6.45) is 2.50. The molecule has 3 nitrogen and oxygen atoms in total. The number of ether oxygens (including phenoxy) is 1. The molecule has 1 aliphatic rings. The molecule has 0 aliphatic carbocycles. The minimum absolute atomic E-state index is 0.635. The van der Waals surface area contributed by atoms with E-state index in [2.05, 4.69) is 44.8 Å². The van der Waals surface area contributed by atoms with E-state index in [1.54, 1.807) is 0 Å². The van der Waals surface area contributed by atoms with E-state index in [9.17, 15) is 0 Å². The van der Waals surface area contributed by atoms with Gasteiger partial charge >= 0.3 is 0 Å². The van der Waals surface area contributed by atoms with Crippen molar-refractivity contribution < 1.29 is 4.74 Å². The summed E-state index contributed by atoms with van der Waals surface area (Å²) < 4.78 is 5.75. The smallest absolute Gasteiger partial charge is 0.0593 e. The fraction of sp³-hybridized carbons (Fsp3) is 1.00. The van der Waals surface area contributed by atoms with Crippen LogP contribution in [0.15, 0.2) is 0 Å². The van der Waals surface area contributed by atoms with Crippen LogP contribution in [0.5, 0.6) is 0 Å². The third-order valence-electron chi connectivity index (χ3n) is 4.33. The lowest BCUT2D eigenvalue weighted by Gasteiger charge is -2.31. The average Bonchev–Trinajstić information content (AvgIpc) is 2.56. The molecular formula is C16H34N2O. The topological polar surface area (TPSA) is 24.5 Å². The Bertz CT molecular complexity index is 233. The highest BCUT2D eigenvalue weighted by Crippen LogP contribution is 2.15. The first-order chi connectivity index (χ1) is 9.04. The molecule has 0 aromatic heterocycles. The molecule has 0 aromatic rings. The van der Waals surface area contributed by atoms with Gasteiger partial charge in [0.15, 0.2) is 0 Å². The fourth-order valence-electron chi connectivity index (χ4n) is 2.64. The van der Waals surface area contributed by atoms with Gasteiger partial charge in [0.25, 0.3) is 0 Å². The molecule has 0 amide bonds. The molecule has 0 aromatic carbocycles. The normalized spacial score (nSPS) is 27.5. The van der Waals surface area contributed by atoms with E-state index >= 15 is 0 Å². The Kier molecular flexibility index (Phi) is 7.96. The van der Waals surface area contributed by atoms with E-state index in [0.717, 1.165) is 32.2 Å². The maximum absolute atomic E-state index is 5.75. The molecule has 0 radical (unpaired) electrons. The predicted octanol–water partition coefficient (Wildman–Crippen LogP) is 2.76. The molecule has 1 saturated heterocycles. The van der Waals surface area contributed by atoms with Gasteiger partial charge in [-0.25, -0.2) is 0 Å². The number of nitrogens with one attached hydrogen (secondary N) is 1. The predicted molar refractivity (Wildman–Crippen MR) is 82.6 cm³/mol. The summed E-state index contributed by atoms with van der Waals surface area (Å²) in [6.45, 7) is 16.6. The molecule has 3 unspecified atom stereocenters. The van der Waals surface area contributed by atoms with E-state index in [1.165, 1.54) is 19.4 Å². The van der Waals surface area contributed by atoms with Gasteiger partial charge in [0.1, 0.15) is 0 Å². The van der Waals surface area contributed by atoms with Crippen LogP contribution in [-0.4, -0.2) is 49.8 Å². The number of hydrogen-bond donors (Lipinski definition) is 1. The van der Waals surface area contributed by atoms with E-state index < -0.39 is 0 Å². The van der Waals surface area contributed by atoms with E-state index in [4.69, 9.17) is 4.74 Å². The van der Waals surface area contributed by atoms with Gasteiger partial charge in [-0.05, 0) is 31.7 Å². The van der Waals surface area contributed by atoms with Crippen molar-refractivity contribution in [3.8, 4) is 0 Å². The first-order valence-corrected chi connectivity index (χ1v) is 8.09. The summed E-state index contributed by atoms with van der Waals surface area (Å²) in [5, 5.41) is 3.72. The van der Waals surface area contributed by atoms with Gasteiger partial charge in [-0.2, -0.15) is 0 Å². The van der Waals surface area contributed by atoms with Crippen LogP contribution >= 0.6 is 0 Å². The standard InChI is InChI=1S/C16H34N2O/c1-6-14(4)16-11-18(15(5)7-8-17-16)9-10-19-12-13(2)3/h13-17H,6-12H2,1-5H3. The first-order valence-electron chi connectivity index (χ1n) is 8.09. The van der Waals surface area contributed by atoms with Crippen LogP contribution in [0.1, 0.15) is 47.5 Å². The van der Waals surface area contributed by atoms with E-state index in [1.807, 2.05) is 0 Å². The van der Waals surface area contributed by atoms with Crippen molar-refractivity contribution in [2.24, 2.45) is 11.8 Å². The summed E-state index contributed by atoms with van der Waals surface area (Å²) in [5.41, 5.74) is 0. The Morgan fingerprint density at radius 1 is 1.32 bits per heavy atom. The van der Waals surface area contributed by atoms with Crippen molar-refractivity contribution in [1.29, 1.82) is 0 Å². The third-order valence-corrected chi connectivity index (χ3v) is 4.33. The highest BCUT2D eigenvalue weighted by molar-refractivity contribution is 4.83. The quantitative estimate of drug-likeness (QED) is 0.720. The Morgan fingerprint density at radius 3 is 2.68 bits per heavy atom. The van der Waals surface area contributed by atoms with Crippen LogP contribution in [0, 0.1) is 11.8 Å². The number of hydrogen-bond acceptors (Lipinski definition) is 3. The first kappa shape index (κ1) is 16.9. The van der Waals surface area contributed by atoms with Gasteiger partial charge < -0.3 is 10.1 Å². The highest BCUT2D eigenvalue weighted by Gasteiger charge is 2.25. The average molecular weight is 270 g/mol. The molecule has 0 saturated carbocycles. The maximum atomic E-state index is 5.75. The fourth-order valence-corrected chi connectivity index (χ4v) is 2.64. The van der Waals surface area contributed by atoms with Crippen LogP contribution in [0.2, 0.25) is 0 Å². The lowest BCUT2D eigenvalue weighted by molar-refractivity contribution is 0.0716. The van der Waals surface area contributed by atoms with Crippen LogP contribution in [0.4, 0.5) is 0 Å². The number of nitrogens with zero attached hydrogens (tertiary/aromatic N) is 1. The van der Waals surface area contributed by atoms with Crippen LogP contribution in [0.25, 0.3) is 0 Å². The van der Waals surface area contributed by atoms with Gasteiger partial charge in [0.2, 0.25) is 0 Å². The molecule has 1 aliphatic heterocycles. The Morgan fingerprint density at radius 2 is 2.05 bits per heavy atom. The lowest BCUT2D eigenvalue weighted by Crippen LogP contribution is -2.44. The van der Waals surface area contributed by atoms with Crippen molar-refractivity contribution in [2.45, 2.75) is 59.5 Å². The Hall–Kier alpha value is -0.120. The SMILES string of the molecule is CCC(C)C1CN(CCOCC(C)C)C(C)CCN1. The van der Waals surface area contributed by atoms with Crippen molar-refractivity contribution >= 4 is 0 Å². The molecule has 19 heavy (non-hydrogen) atoms. The van der Waals surface area contributed by atoms with E-state index in [0.29, 0.717) is 18.0 Å². The van der Waals surface area contributed by atoms with Crippen LogP contribution in [0.3, 0.4) is 0 Å². The lowest BCUT2D eigenvalue weighted by atomic mass is 9.99. The van der Waals surface area contributed by atoms with Gasteiger partial charge in [-0.15, -0.1) is 0 Å². The highest BCUT2D eigenvalue weighted by atomic mass is 16.5. The van der Waals surface area contributed by atoms with Gasteiger partial charge in [0.05, 0.1) is 6.61 Å². The van der Waals surface area contributed by atoms with Crippen LogP contribution < -0.4 is 5.32 Å². The van der Waals surface area contributed by atoms with Gasteiger partial charge in [0, 0.05) is 31.8 Å². The van der Waals surface area contributed by atoms with Crippen molar-refractivity contribution in [1.82, 2.24) is 10.2 Å². The molecule has 3 atom stereocenters. The van der Waals surface area contributed by atoms with Gasteiger partial charge in [-0.3, -0.25) is 4.90 Å². The molecule has 3 heteroatoms. The molecular weight excluding hydrogens is 236 g/mol. The minimum Gasteiger partial charge on any atom is -0.380 e. The second kappa shape index (κ2) is 8.93. The summed E-state index contributed by atoms with van der Waals surface area (Å²) in [6, 6.07) is 1.31. The van der Waals surface area contributed by atoms with Crippen LogP contribution in [-0.2, 0) is 4.74 Å². The number of rotatable bonds is 7. The van der Waals surface area contributed by atoms with Crippen molar-refractivity contribution in [3.05, 3.63) is 0 Å². The zero-order valence-corrected chi connectivity index (χ0v) is 13.6. The summed E-state index contributed by atoms with van der Waals surface area (Å²) in [5.74, 6) is 1.39. The zero-order valence-electron chi connectivity index (χ0n) is 13.6. The molecule has 1 heterocycles. The van der Waals surface area contributed by atoms with Gasteiger partial charge in [-0.1, -0.05) is 34.1 Å². The summed E-state index contributed by atoms with van der Waals surface area (Å²) in [7, 11) is 0. The second-order valence-corrected chi connectivity index (χ2v) is 6.55. The summed E-state index contributed by atoms with van der Waals surface area (Å²) in [4.78, 5) is 2.61. The molecule has 1 N–H and O–H groups in total. The Labute approximate surface area is 120 Å². The summed E-state index contributed by atoms with van der Waals surface area (Å²) >= 11 is 0. The molecule has 1 fully saturated rings. The zero-order chi connectivity index (χ0) is 14.3. The second-order valence-electron chi connectivity index (χ2n) is 6.55. The van der Waals surface area contributed by atoms with Crippen molar-refractivity contribution in [3.63, 3.8) is 0 Å². The molecule has 114 valence electrons.